The van der Waals surface area contributed by atoms with Gasteiger partial charge in [-0.25, -0.2) is 0 Å². The third-order valence-electron chi connectivity index (χ3n) is 16.9. The quantitative estimate of drug-likeness (QED) is 0.0195. The van der Waals surface area contributed by atoms with Gasteiger partial charge in [-0.3, -0.25) is 28.4 Å². The molecule has 0 aliphatic rings. The van der Waals surface area contributed by atoms with Crippen molar-refractivity contribution in [2.24, 2.45) is 0 Å². The summed E-state index contributed by atoms with van der Waals surface area (Å²) in [5.41, 5.74) is 0.416. The lowest BCUT2D eigenvalue weighted by atomic mass is 9.97. The molecule has 0 fully saturated rings. The van der Waals surface area contributed by atoms with Crippen LogP contribution in [0, 0.1) is 0 Å². The lowest BCUT2D eigenvalue weighted by Gasteiger charge is -2.38. The number of benzene rings is 3. The molecule has 28 heteroatoms. The lowest BCUT2D eigenvalue weighted by molar-refractivity contribution is -0.176. The third kappa shape index (κ3) is 31.6. The average molecular weight is 1430 g/mol. The van der Waals surface area contributed by atoms with Gasteiger partial charge in [-0.1, -0.05) is 69.5 Å². The second-order valence-electron chi connectivity index (χ2n) is 30.4. The Bertz CT molecular complexity index is 3630. The van der Waals surface area contributed by atoms with E-state index < -0.39 is 57.1 Å². The maximum absolute atomic E-state index is 11.7. The summed E-state index contributed by atoms with van der Waals surface area (Å²) < 4.78 is 86.1. The Labute approximate surface area is 613 Å². The summed E-state index contributed by atoms with van der Waals surface area (Å²) in [6.07, 6.45) is 10.1. The zero-order valence-corrected chi connectivity index (χ0v) is 64.2. The number of hydrogen-bond donors (Lipinski definition) is 0. The van der Waals surface area contributed by atoms with Gasteiger partial charge in [0.25, 0.3) is 0 Å². The highest BCUT2D eigenvalue weighted by Crippen LogP contribution is 2.34. The number of nitrogens with zero attached hydrogens (tertiary/aromatic N) is 9. The van der Waals surface area contributed by atoms with Gasteiger partial charge in [0.05, 0.1) is 127 Å². The molecule has 0 saturated carbocycles. The molecular formula is C75H110B3N9O16. The maximum Gasteiger partial charge on any atom is 0.308 e. The first-order valence-electron chi connectivity index (χ1n) is 35.5. The van der Waals surface area contributed by atoms with Crippen LogP contribution >= 0.6 is 0 Å². The Balaban J connectivity index is 0.996. The van der Waals surface area contributed by atoms with E-state index >= 15 is 0 Å². The standard InChI is InChI=1S/C75H110B3N9O16/c1-52(102-73(13,14)29-35-95-70(7,8)26-32-86-45-60(80-83-86)49-92-67-38-57(42-77)20-23-64(67)100-54(3)89)47-97-75(17,18)40-62(103-74(15,16)30-36-96-71(9,10)27-33-87-46-61(81-84-87)50-93-68-39-58(43-78)21-24-65(68)101-55(4)90)51-98-72(11,12)28-34-94-69(5,6)25-31-85-44-59(79-82-85)48-91-66-37-56(41-76)19-22-63(66)99-53(2)88/h19-24,37-39,44-46,52,62H,25-36,40-43,47-51H2,1-18H3. The number of ether oxygens (including phenoxy) is 13. The van der Waals surface area contributed by atoms with Crippen molar-refractivity contribution in [1.29, 1.82) is 0 Å². The highest BCUT2D eigenvalue weighted by atomic mass is 16.6. The number of esters is 3. The molecule has 0 aliphatic heterocycles. The molecule has 0 aliphatic carbocycles. The van der Waals surface area contributed by atoms with Gasteiger partial charge in [-0.05, 0) is 179 Å². The van der Waals surface area contributed by atoms with E-state index in [1.807, 2.05) is 25.5 Å². The van der Waals surface area contributed by atoms with E-state index in [0.717, 1.165) is 16.7 Å². The number of aryl methyl sites for hydroxylation is 3. The molecular weight excluding hydrogens is 1320 g/mol. The van der Waals surface area contributed by atoms with Crippen molar-refractivity contribution in [3.63, 3.8) is 0 Å². The highest BCUT2D eigenvalue weighted by Gasteiger charge is 2.35. The van der Waals surface area contributed by atoms with Crippen LogP contribution in [0.3, 0.4) is 0 Å². The maximum atomic E-state index is 11.7. The number of carbonyl (C=O) groups excluding carboxylic acids is 3. The Morgan fingerprint density at radius 3 is 1.04 bits per heavy atom. The smallest absolute Gasteiger partial charge is 0.308 e. The van der Waals surface area contributed by atoms with Crippen molar-refractivity contribution < 1.29 is 76.0 Å². The van der Waals surface area contributed by atoms with Crippen LogP contribution in [0.1, 0.15) is 203 Å². The van der Waals surface area contributed by atoms with E-state index in [1.54, 1.807) is 68.6 Å². The first-order chi connectivity index (χ1) is 48.3. The summed E-state index contributed by atoms with van der Waals surface area (Å²) in [5, 5.41) is 25.9. The normalized spacial score (nSPS) is 13.2. The molecule has 3 aromatic heterocycles. The number of rotatable bonds is 48. The fraction of sp³-hybridized carbons (Fsp3) is 0.640. The van der Waals surface area contributed by atoms with Crippen molar-refractivity contribution in [2.45, 2.75) is 279 Å². The van der Waals surface area contributed by atoms with Crippen molar-refractivity contribution in [2.75, 3.05) is 33.0 Å². The van der Waals surface area contributed by atoms with Gasteiger partial charge in [0, 0.05) is 46.8 Å². The van der Waals surface area contributed by atoms with Crippen LogP contribution in [-0.2, 0) is 106 Å². The molecule has 103 heavy (non-hydrogen) atoms. The minimum Gasteiger partial charge on any atom is -0.483 e. The summed E-state index contributed by atoms with van der Waals surface area (Å²) in [7, 11) is 17.6. The van der Waals surface area contributed by atoms with Crippen LogP contribution in [0.15, 0.2) is 73.2 Å². The molecule has 2 atom stereocenters. The van der Waals surface area contributed by atoms with Crippen molar-refractivity contribution in [3.8, 4) is 34.5 Å². The van der Waals surface area contributed by atoms with Gasteiger partial charge in [0.15, 0.2) is 34.5 Å². The predicted molar refractivity (Wildman–Crippen MR) is 391 cm³/mol. The lowest BCUT2D eigenvalue weighted by Crippen LogP contribution is -2.43. The van der Waals surface area contributed by atoms with Crippen LogP contribution < -0.4 is 28.4 Å². The first kappa shape index (κ1) is 84.7. The van der Waals surface area contributed by atoms with Gasteiger partial charge < -0.3 is 61.6 Å². The van der Waals surface area contributed by atoms with Crippen LogP contribution in [0.4, 0.5) is 0 Å². The van der Waals surface area contributed by atoms with Crippen molar-refractivity contribution in [3.05, 3.63) is 107 Å². The molecule has 0 N–H and O–H groups in total. The Kier molecular flexibility index (Phi) is 31.8. The predicted octanol–water partition coefficient (Wildman–Crippen LogP) is 11.4. The molecule has 0 amide bonds. The van der Waals surface area contributed by atoms with Crippen LogP contribution in [0.25, 0.3) is 0 Å². The second-order valence-corrected chi connectivity index (χ2v) is 30.4. The molecule has 6 aromatic rings. The SMILES string of the molecule is [B]Cc1ccc(OC(C)=O)c(OCc2cn(CCC(C)(C)OCCC(C)(C)OCC(CC(C)(C)OCC(C)OC(C)(C)CCOC(C)(C)CCn3cc(COc4cc(C[B])ccc4OC(C)=O)nn3)OC(C)(C)CCOC(C)(C)CCn3cc(COc4cc(C[B])ccc4OC(C)=O)nn3)nn2)c1. The second kappa shape index (κ2) is 38.7. The minimum absolute atomic E-state index is 0.110. The molecule has 3 aromatic carbocycles. The van der Waals surface area contributed by atoms with Crippen molar-refractivity contribution >= 4 is 41.4 Å². The van der Waals surface area contributed by atoms with Crippen LogP contribution in [0.5, 0.6) is 34.5 Å². The number of carbonyl (C=O) groups is 3. The average Bonchev–Trinajstić information content (AvgIpc) is 1.63. The fourth-order valence-corrected chi connectivity index (χ4v) is 10.8. The van der Waals surface area contributed by atoms with E-state index in [-0.39, 0.29) is 38.6 Å². The van der Waals surface area contributed by atoms with E-state index in [2.05, 4.69) is 128 Å². The first-order valence-corrected chi connectivity index (χ1v) is 35.5. The van der Waals surface area contributed by atoms with Gasteiger partial charge in [0.1, 0.15) is 36.9 Å². The van der Waals surface area contributed by atoms with E-state index in [9.17, 15) is 14.4 Å². The van der Waals surface area contributed by atoms with E-state index in [0.29, 0.717) is 162 Å². The van der Waals surface area contributed by atoms with Crippen LogP contribution in [0.2, 0.25) is 0 Å². The van der Waals surface area contributed by atoms with Gasteiger partial charge in [-0.2, -0.15) is 0 Å². The Morgan fingerprint density at radius 2 is 0.709 bits per heavy atom. The fourth-order valence-electron chi connectivity index (χ4n) is 10.8. The summed E-state index contributed by atoms with van der Waals surface area (Å²) in [6, 6.07) is 15.6. The van der Waals surface area contributed by atoms with Gasteiger partial charge in [0.2, 0.25) is 0 Å². The summed E-state index contributed by atoms with van der Waals surface area (Å²) in [6.45, 7) is 38.9. The summed E-state index contributed by atoms with van der Waals surface area (Å²) in [4.78, 5) is 35.2. The van der Waals surface area contributed by atoms with Gasteiger partial charge >= 0.3 is 17.9 Å². The van der Waals surface area contributed by atoms with E-state index in [1.165, 1.54) is 20.8 Å². The highest BCUT2D eigenvalue weighted by molar-refractivity contribution is 6.08. The minimum atomic E-state index is -0.656. The topological polar surface area (TPSA) is 263 Å². The van der Waals surface area contributed by atoms with Crippen LogP contribution in [-0.4, -0.2) is 171 Å². The largest absolute Gasteiger partial charge is 0.483 e. The zero-order chi connectivity index (χ0) is 75.8. The molecule has 0 spiro atoms. The summed E-state index contributed by atoms with van der Waals surface area (Å²) in [5.74, 6) is 0.719. The molecule has 0 saturated heterocycles. The molecule has 0 bridgehead atoms. The number of hydrogen-bond acceptors (Lipinski definition) is 22. The molecule has 6 radical (unpaired) electrons. The monoisotopic (exact) mass is 1430 g/mol. The van der Waals surface area contributed by atoms with Crippen molar-refractivity contribution in [1.82, 2.24) is 45.0 Å². The molecule has 25 nitrogen and oxygen atoms in total. The number of aromatic nitrogens is 9. The molecule has 6 rings (SSSR count). The molecule has 3 heterocycles. The van der Waals surface area contributed by atoms with Gasteiger partial charge in [-0.15, -0.1) is 15.3 Å². The zero-order valence-electron chi connectivity index (χ0n) is 64.2. The molecule has 560 valence electrons. The van der Waals surface area contributed by atoms with E-state index in [4.69, 9.17) is 85.1 Å². The Morgan fingerprint density at radius 1 is 0.398 bits per heavy atom. The third-order valence-corrected chi connectivity index (χ3v) is 16.9. The molecule has 2 unspecified atom stereocenters. The summed E-state index contributed by atoms with van der Waals surface area (Å²) >= 11 is 0. The Hall–Kier alpha value is -7.20.